The number of esters is 1. The minimum absolute atomic E-state index is 0.0693. The second kappa shape index (κ2) is 8.23. The molecule has 0 aliphatic carbocycles. The summed E-state index contributed by atoms with van der Waals surface area (Å²) in [7, 11) is 0. The van der Waals surface area contributed by atoms with E-state index in [1.165, 1.54) is 4.90 Å². The second-order valence-electron chi connectivity index (χ2n) is 8.25. The summed E-state index contributed by atoms with van der Waals surface area (Å²) in [6, 6.07) is 7.40. The third kappa shape index (κ3) is 4.75. The van der Waals surface area contributed by atoms with Crippen molar-refractivity contribution >= 4 is 23.9 Å². The lowest BCUT2D eigenvalue weighted by atomic mass is 9.99. The van der Waals surface area contributed by atoms with Gasteiger partial charge < -0.3 is 9.47 Å². The lowest BCUT2D eigenvalue weighted by Gasteiger charge is -2.39. The standard InChI is InChI=1S/C21H26N2O6/c1-21(2,3)29-20(27)22-11-7-10-15(22)18(25)23-16(12-17(23)24)19(26)28-13-14-8-5-4-6-9-14/h4-6,8-9,15-16H,7,10-13H2,1-3H3/t15-,16-/m0/s1. The van der Waals surface area contributed by atoms with Crippen LogP contribution in [0.3, 0.4) is 0 Å². The molecule has 0 bridgehead atoms. The number of carbonyl (C=O) groups excluding carboxylic acids is 4. The van der Waals surface area contributed by atoms with E-state index in [9.17, 15) is 19.2 Å². The van der Waals surface area contributed by atoms with Crippen LogP contribution < -0.4 is 0 Å². The molecular weight excluding hydrogens is 376 g/mol. The maximum Gasteiger partial charge on any atom is 0.410 e. The quantitative estimate of drug-likeness (QED) is 0.436. The first-order valence-electron chi connectivity index (χ1n) is 9.73. The van der Waals surface area contributed by atoms with E-state index in [1.807, 2.05) is 30.3 Å². The highest BCUT2D eigenvalue weighted by Gasteiger charge is 2.50. The fourth-order valence-corrected chi connectivity index (χ4v) is 3.43. The zero-order valence-electron chi connectivity index (χ0n) is 16.9. The van der Waals surface area contributed by atoms with Crippen LogP contribution in [0.2, 0.25) is 0 Å². The predicted molar refractivity (Wildman–Crippen MR) is 102 cm³/mol. The lowest BCUT2D eigenvalue weighted by Crippen LogP contribution is -2.63. The first-order valence-corrected chi connectivity index (χ1v) is 9.73. The number of carbonyl (C=O) groups is 4. The summed E-state index contributed by atoms with van der Waals surface area (Å²) in [6.45, 7) is 5.68. The van der Waals surface area contributed by atoms with Gasteiger partial charge in [-0.3, -0.25) is 19.4 Å². The van der Waals surface area contributed by atoms with Gasteiger partial charge in [0.25, 0.3) is 5.91 Å². The van der Waals surface area contributed by atoms with Crippen molar-refractivity contribution in [3.05, 3.63) is 35.9 Å². The van der Waals surface area contributed by atoms with E-state index in [0.717, 1.165) is 10.5 Å². The Morgan fingerprint density at radius 3 is 2.41 bits per heavy atom. The SMILES string of the molecule is CC(C)(C)OC(=O)N1CCC[C@H]1C(=O)N1C(=O)C[C@H]1C(=O)OCc1ccccc1. The van der Waals surface area contributed by atoms with E-state index >= 15 is 0 Å². The highest BCUT2D eigenvalue weighted by Crippen LogP contribution is 2.28. The zero-order valence-corrected chi connectivity index (χ0v) is 16.9. The van der Waals surface area contributed by atoms with Crippen LogP contribution in [-0.2, 0) is 30.5 Å². The van der Waals surface area contributed by atoms with Gasteiger partial charge in [-0.2, -0.15) is 0 Å². The third-order valence-electron chi connectivity index (χ3n) is 4.85. The zero-order chi connectivity index (χ0) is 21.2. The summed E-state index contributed by atoms with van der Waals surface area (Å²) in [5.74, 6) is -1.61. The molecule has 1 aromatic carbocycles. The molecule has 1 aromatic rings. The average Bonchev–Trinajstić information content (AvgIpc) is 3.13. The largest absolute Gasteiger partial charge is 0.459 e. The molecule has 2 atom stereocenters. The number of ether oxygens (including phenoxy) is 2. The average molecular weight is 402 g/mol. The van der Waals surface area contributed by atoms with E-state index in [2.05, 4.69) is 0 Å². The van der Waals surface area contributed by atoms with Crippen LogP contribution in [0, 0.1) is 0 Å². The number of β-lactam (4-membered cyclic amide) rings is 1. The minimum atomic E-state index is -0.945. The molecule has 0 saturated carbocycles. The van der Waals surface area contributed by atoms with Crippen LogP contribution in [0.25, 0.3) is 0 Å². The number of hydrogen-bond acceptors (Lipinski definition) is 6. The number of hydrogen-bond donors (Lipinski definition) is 0. The van der Waals surface area contributed by atoms with Crippen molar-refractivity contribution in [2.45, 2.75) is 64.3 Å². The summed E-state index contributed by atoms with van der Waals surface area (Å²) >= 11 is 0. The monoisotopic (exact) mass is 402 g/mol. The maximum absolute atomic E-state index is 13.0. The van der Waals surface area contributed by atoms with E-state index in [4.69, 9.17) is 9.47 Å². The van der Waals surface area contributed by atoms with Gasteiger partial charge in [-0.15, -0.1) is 0 Å². The van der Waals surface area contributed by atoms with Crippen molar-refractivity contribution in [3.8, 4) is 0 Å². The molecule has 0 spiro atoms. The highest BCUT2D eigenvalue weighted by molar-refractivity contribution is 6.08. The molecule has 2 aliphatic rings. The number of likely N-dealkylation sites (tertiary alicyclic amines) is 2. The van der Waals surface area contributed by atoms with Gasteiger partial charge in [0.15, 0.2) is 0 Å². The molecule has 2 aliphatic heterocycles. The van der Waals surface area contributed by atoms with E-state index in [0.29, 0.717) is 19.4 Å². The maximum atomic E-state index is 13.0. The van der Waals surface area contributed by atoms with Crippen molar-refractivity contribution < 1.29 is 28.7 Å². The minimum Gasteiger partial charge on any atom is -0.459 e. The fraction of sp³-hybridized carbons (Fsp3) is 0.524. The van der Waals surface area contributed by atoms with Gasteiger partial charge in [0.05, 0.1) is 6.42 Å². The lowest BCUT2D eigenvalue weighted by molar-refractivity contribution is -0.174. The Morgan fingerprint density at radius 2 is 1.79 bits per heavy atom. The Balaban J connectivity index is 1.63. The fourth-order valence-electron chi connectivity index (χ4n) is 3.43. The van der Waals surface area contributed by atoms with Crippen LogP contribution in [0.5, 0.6) is 0 Å². The normalized spacial score (nSPS) is 21.6. The van der Waals surface area contributed by atoms with Crippen LogP contribution in [0.1, 0.15) is 45.6 Å². The summed E-state index contributed by atoms with van der Waals surface area (Å²) in [5.41, 5.74) is 0.125. The Morgan fingerprint density at radius 1 is 1.10 bits per heavy atom. The number of amides is 3. The van der Waals surface area contributed by atoms with Gasteiger partial charge in [0, 0.05) is 6.54 Å². The van der Waals surface area contributed by atoms with Gasteiger partial charge in [-0.1, -0.05) is 30.3 Å². The molecule has 156 valence electrons. The Labute approximate surface area is 169 Å². The Hall–Kier alpha value is -2.90. The highest BCUT2D eigenvalue weighted by atomic mass is 16.6. The van der Waals surface area contributed by atoms with Crippen LogP contribution in [0.4, 0.5) is 4.79 Å². The van der Waals surface area contributed by atoms with Crippen molar-refractivity contribution in [1.82, 2.24) is 9.80 Å². The molecule has 0 unspecified atom stereocenters. The first kappa shape index (κ1) is 20.8. The smallest absolute Gasteiger partial charge is 0.410 e. The number of nitrogens with zero attached hydrogens (tertiary/aromatic N) is 2. The first-order chi connectivity index (χ1) is 13.7. The molecule has 0 radical (unpaired) electrons. The van der Waals surface area contributed by atoms with Crippen LogP contribution in [0.15, 0.2) is 30.3 Å². The third-order valence-corrected chi connectivity index (χ3v) is 4.85. The molecule has 3 rings (SSSR count). The van der Waals surface area contributed by atoms with Gasteiger partial charge in [0.2, 0.25) is 5.91 Å². The molecule has 8 nitrogen and oxygen atoms in total. The van der Waals surface area contributed by atoms with Crippen LogP contribution >= 0.6 is 0 Å². The number of benzene rings is 1. The van der Waals surface area contributed by atoms with E-state index in [-0.39, 0.29) is 13.0 Å². The topological polar surface area (TPSA) is 93.2 Å². The molecule has 8 heteroatoms. The summed E-state index contributed by atoms with van der Waals surface area (Å²) < 4.78 is 10.6. The molecule has 2 fully saturated rings. The molecule has 3 amide bonds. The predicted octanol–water partition coefficient (Wildman–Crippen LogP) is 2.26. The van der Waals surface area contributed by atoms with E-state index in [1.54, 1.807) is 20.8 Å². The second-order valence-corrected chi connectivity index (χ2v) is 8.25. The van der Waals surface area contributed by atoms with Gasteiger partial charge in [-0.05, 0) is 39.2 Å². The van der Waals surface area contributed by atoms with E-state index < -0.39 is 41.6 Å². The number of rotatable bonds is 4. The Bertz CT molecular complexity index is 801. The van der Waals surface area contributed by atoms with Crippen LogP contribution in [-0.4, -0.2) is 57.9 Å². The summed E-state index contributed by atoms with van der Waals surface area (Å²) in [6.07, 6.45) is 0.386. The molecule has 2 heterocycles. The Kier molecular flexibility index (Phi) is 5.91. The number of imide groups is 1. The molecule has 0 N–H and O–H groups in total. The summed E-state index contributed by atoms with van der Waals surface area (Å²) in [5, 5.41) is 0. The molecule has 2 saturated heterocycles. The summed E-state index contributed by atoms with van der Waals surface area (Å²) in [4.78, 5) is 52.1. The van der Waals surface area contributed by atoms with Crippen molar-refractivity contribution in [2.24, 2.45) is 0 Å². The van der Waals surface area contributed by atoms with Crippen molar-refractivity contribution in [2.75, 3.05) is 6.54 Å². The van der Waals surface area contributed by atoms with Crippen molar-refractivity contribution in [1.29, 1.82) is 0 Å². The van der Waals surface area contributed by atoms with Crippen molar-refractivity contribution in [3.63, 3.8) is 0 Å². The van der Waals surface area contributed by atoms with Gasteiger partial charge in [-0.25, -0.2) is 9.59 Å². The molecule has 29 heavy (non-hydrogen) atoms. The van der Waals surface area contributed by atoms with Gasteiger partial charge in [0.1, 0.15) is 24.3 Å². The van der Waals surface area contributed by atoms with Gasteiger partial charge >= 0.3 is 12.1 Å². The molecule has 0 aromatic heterocycles. The molecular formula is C21H26N2O6.